The summed E-state index contributed by atoms with van der Waals surface area (Å²) in [4.78, 5) is 17.5. The molecule has 118 valence electrons. The average Bonchev–Trinajstić information content (AvgIpc) is 2.91. The highest BCUT2D eigenvalue weighted by Gasteiger charge is 2.18. The van der Waals surface area contributed by atoms with Gasteiger partial charge in [-0.3, -0.25) is 9.78 Å². The fourth-order valence-electron chi connectivity index (χ4n) is 2.57. The molecule has 0 fully saturated rings. The van der Waals surface area contributed by atoms with Crippen LogP contribution in [0, 0.1) is 0 Å². The van der Waals surface area contributed by atoms with Gasteiger partial charge in [0.1, 0.15) is 4.88 Å². The highest BCUT2D eigenvalue weighted by Crippen LogP contribution is 2.37. The number of hydrogen-bond donors (Lipinski definition) is 1. The van der Waals surface area contributed by atoms with Crippen LogP contribution < -0.4 is 5.32 Å². The molecule has 0 spiro atoms. The smallest absolute Gasteiger partial charge is 0.267 e. The van der Waals surface area contributed by atoms with Crippen molar-refractivity contribution in [2.75, 3.05) is 5.32 Å². The van der Waals surface area contributed by atoms with Gasteiger partial charge in [0.05, 0.1) is 16.2 Å². The number of aromatic nitrogens is 1. The number of anilines is 1. The van der Waals surface area contributed by atoms with E-state index in [0.717, 1.165) is 21.0 Å². The maximum absolute atomic E-state index is 12.7. The quantitative estimate of drug-likeness (QED) is 0.468. The lowest BCUT2D eigenvalue weighted by molar-refractivity contribution is 0.103. The van der Waals surface area contributed by atoms with Crippen molar-refractivity contribution in [1.82, 2.24) is 4.98 Å². The Hall–Kier alpha value is -2.14. The molecule has 4 aromatic rings. The van der Waals surface area contributed by atoms with Crippen LogP contribution in [0.4, 0.5) is 5.69 Å². The highest BCUT2D eigenvalue weighted by molar-refractivity contribution is 7.21. The average molecular weight is 373 g/mol. The number of thiophene rings is 1. The van der Waals surface area contributed by atoms with Crippen molar-refractivity contribution < 1.29 is 4.79 Å². The van der Waals surface area contributed by atoms with E-state index in [2.05, 4.69) is 10.3 Å². The largest absolute Gasteiger partial charge is 0.319 e. The molecule has 1 N–H and O–H groups in total. The number of para-hydroxylation sites is 1. The molecule has 24 heavy (non-hydrogen) atoms. The van der Waals surface area contributed by atoms with E-state index in [1.165, 1.54) is 11.3 Å². The molecule has 0 aliphatic carbocycles. The van der Waals surface area contributed by atoms with Gasteiger partial charge in [-0.15, -0.1) is 11.3 Å². The SMILES string of the molecule is O=C(Nc1cccc2cccnc12)c1sc2cc(Cl)ccc2c1Cl. The summed E-state index contributed by atoms with van der Waals surface area (Å²) < 4.78 is 0.883. The van der Waals surface area contributed by atoms with Crippen molar-refractivity contribution in [2.45, 2.75) is 0 Å². The van der Waals surface area contributed by atoms with Crippen LogP contribution in [0.5, 0.6) is 0 Å². The third-order valence-corrected chi connectivity index (χ3v) is 5.57. The second kappa shape index (κ2) is 6.06. The summed E-state index contributed by atoms with van der Waals surface area (Å²) in [5.41, 5.74) is 1.40. The molecule has 1 amide bonds. The number of pyridine rings is 1. The first-order valence-electron chi connectivity index (χ1n) is 7.16. The first-order chi connectivity index (χ1) is 11.6. The van der Waals surface area contributed by atoms with Crippen LogP contribution in [0.3, 0.4) is 0 Å². The molecule has 3 nitrogen and oxygen atoms in total. The predicted molar refractivity (Wildman–Crippen MR) is 102 cm³/mol. The summed E-state index contributed by atoms with van der Waals surface area (Å²) in [7, 11) is 0. The highest BCUT2D eigenvalue weighted by atomic mass is 35.5. The monoisotopic (exact) mass is 372 g/mol. The van der Waals surface area contributed by atoms with Crippen molar-refractivity contribution in [3.05, 3.63) is 69.7 Å². The molecule has 0 saturated carbocycles. The van der Waals surface area contributed by atoms with E-state index in [0.29, 0.717) is 20.6 Å². The normalized spacial score (nSPS) is 11.1. The molecule has 0 aliphatic rings. The summed E-state index contributed by atoms with van der Waals surface area (Å²) in [6.45, 7) is 0. The number of nitrogens with one attached hydrogen (secondary N) is 1. The standard InChI is InChI=1S/C18H10Cl2N2OS/c19-11-6-7-12-14(9-11)24-17(15(12)20)18(23)22-13-5-1-3-10-4-2-8-21-16(10)13/h1-9H,(H,22,23). The summed E-state index contributed by atoms with van der Waals surface area (Å²) in [5.74, 6) is -0.254. The molecule has 0 radical (unpaired) electrons. The van der Waals surface area contributed by atoms with Crippen molar-refractivity contribution in [3.8, 4) is 0 Å². The van der Waals surface area contributed by atoms with Crippen LogP contribution in [0.15, 0.2) is 54.7 Å². The molecule has 2 aromatic heterocycles. The first-order valence-corrected chi connectivity index (χ1v) is 8.73. The van der Waals surface area contributed by atoms with Gasteiger partial charge in [0.2, 0.25) is 0 Å². The number of halogens is 2. The van der Waals surface area contributed by atoms with Gasteiger partial charge in [-0.1, -0.05) is 47.5 Å². The Balaban J connectivity index is 1.75. The van der Waals surface area contributed by atoms with Gasteiger partial charge < -0.3 is 5.32 Å². The zero-order chi connectivity index (χ0) is 16.7. The Morgan fingerprint density at radius 1 is 1.08 bits per heavy atom. The third-order valence-electron chi connectivity index (χ3n) is 3.68. The van der Waals surface area contributed by atoms with Gasteiger partial charge >= 0.3 is 0 Å². The fourth-order valence-corrected chi connectivity index (χ4v) is 4.26. The number of fused-ring (bicyclic) bond motifs is 2. The minimum atomic E-state index is -0.254. The molecular weight excluding hydrogens is 363 g/mol. The third kappa shape index (κ3) is 2.63. The van der Waals surface area contributed by atoms with E-state index in [-0.39, 0.29) is 5.91 Å². The molecule has 0 atom stereocenters. The van der Waals surface area contributed by atoms with Crippen molar-refractivity contribution in [3.63, 3.8) is 0 Å². The molecule has 0 aliphatic heterocycles. The lowest BCUT2D eigenvalue weighted by atomic mass is 10.2. The summed E-state index contributed by atoms with van der Waals surface area (Å²) in [6, 6.07) is 14.9. The number of amides is 1. The van der Waals surface area contributed by atoms with E-state index in [4.69, 9.17) is 23.2 Å². The van der Waals surface area contributed by atoms with Crippen LogP contribution in [-0.2, 0) is 0 Å². The van der Waals surface area contributed by atoms with Gasteiger partial charge in [0, 0.05) is 26.7 Å². The van der Waals surface area contributed by atoms with Gasteiger partial charge in [0.25, 0.3) is 5.91 Å². The van der Waals surface area contributed by atoms with Gasteiger partial charge in [-0.2, -0.15) is 0 Å². The van der Waals surface area contributed by atoms with Crippen LogP contribution in [0.2, 0.25) is 10.0 Å². The van der Waals surface area contributed by atoms with Crippen molar-refractivity contribution in [2.24, 2.45) is 0 Å². The van der Waals surface area contributed by atoms with Gasteiger partial charge in [0.15, 0.2) is 0 Å². The second-order valence-electron chi connectivity index (χ2n) is 5.22. The van der Waals surface area contributed by atoms with E-state index < -0.39 is 0 Å². The maximum Gasteiger partial charge on any atom is 0.267 e. The number of benzene rings is 2. The van der Waals surface area contributed by atoms with E-state index in [9.17, 15) is 4.79 Å². The van der Waals surface area contributed by atoms with E-state index in [1.54, 1.807) is 12.3 Å². The van der Waals surface area contributed by atoms with Crippen molar-refractivity contribution in [1.29, 1.82) is 0 Å². The Morgan fingerprint density at radius 3 is 2.79 bits per heavy atom. The molecule has 6 heteroatoms. The Labute approximate surface area is 151 Å². The van der Waals surface area contributed by atoms with Crippen LogP contribution >= 0.6 is 34.5 Å². The van der Waals surface area contributed by atoms with Crippen LogP contribution in [0.25, 0.3) is 21.0 Å². The number of rotatable bonds is 2. The maximum atomic E-state index is 12.7. The topological polar surface area (TPSA) is 42.0 Å². The van der Waals surface area contributed by atoms with Gasteiger partial charge in [-0.05, 0) is 24.3 Å². The minimum Gasteiger partial charge on any atom is -0.319 e. The van der Waals surface area contributed by atoms with E-state index in [1.807, 2.05) is 42.5 Å². The summed E-state index contributed by atoms with van der Waals surface area (Å²) in [5, 5.41) is 5.76. The molecule has 2 aromatic carbocycles. The van der Waals surface area contributed by atoms with Crippen molar-refractivity contribution >= 4 is 67.1 Å². The summed E-state index contributed by atoms with van der Waals surface area (Å²) in [6.07, 6.45) is 1.70. The Kier molecular flexibility index (Phi) is 3.88. The molecule has 4 rings (SSSR count). The zero-order valence-corrected chi connectivity index (χ0v) is 14.5. The minimum absolute atomic E-state index is 0.254. The molecule has 2 heterocycles. The summed E-state index contributed by atoms with van der Waals surface area (Å²) >= 11 is 13.7. The second-order valence-corrected chi connectivity index (χ2v) is 7.09. The van der Waals surface area contributed by atoms with Crippen LogP contribution in [0.1, 0.15) is 9.67 Å². The molecule has 0 unspecified atom stereocenters. The first kappa shape index (κ1) is 15.4. The number of carbonyl (C=O) groups excluding carboxylic acids is 1. The zero-order valence-electron chi connectivity index (χ0n) is 12.2. The molecule has 0 bridgehead atoms. The Morgan fingerprint density at radius 2 is 1.92 bits per heavy atom. The number of hydrogen-bond acceptors (Lipinski definition) is 3. The molecular formula is C18H10Cl2N2OS. The predicted octanol–water partition coefficient (Wildman–Crippen LogP) is 6.01. The lowest BCUT2D eigenvalue weighted by Gasteiger charge is -2.07. The number of carbonyl (C=O) groups is 1. The van der Waals surface area contributed by atoms with Crippen LogP contribution in [-0.4, -0.2) is 10.9 Å². The van der Waals surface area contributed by atoms with E-state index >= 15 is 0 Å². The number of nitrogens with zero attached hydrogens (tertiary/aromatic N) is 1. The Bertz CT molecular complexity index is 1090. The fraction of sp³-hybridized carbons (Fsp3) is 0. The molecule has 0 saturated heterocycles. The lowest BCUT2D eigenvalue weighted by Crippen LogP contribution is -2.11. The van der Waals surface area contributed by atoms with Gasteiger partial charge in [-0.25, -0.2) is 0 Å².